The number of hydrogen-bond acceptors (Lipinski definition) is 3. The third-order valence-corrected chi connectivity index (χ3v) is 2.66. The van der Waals surface area contributed by atoms with Crippen LogP contribution < -0.4 is 11.1 Å². The SMILES string of the molecule is CC(C)(C)CC(=O)NCc1ccc2oc(=O)[nH]c2c1. The summed E-state index contributed by atoms with van der Waals surface area (Å²) in [5, 5.41) is 2.87. The Morgan fingerprint density at radius 2 is 2.11 bits per heavy atom. The Hall–Kier alpha value is -2.04. The minimum absolute atomic E-state index is 0.0216. The van der Waals surface area contributed by atoms with Gasteiger partial charge >= 0.3 is 5.76 Å². The molecule has 0 aliphatic carbocycles. The summed E-state index contributed by atoms with van der Waals surface area (Å²) in [5.74, 6) is -0.447. The Morgan fingerprint density at radius 3 is 2.79 bits per heavy atom. The molecule has 0 saturated carbocycles. The summed E-state index contributed by atoms with van der Waals surface area (Å²) in [4.78, 5) is 25.3. The molecular formula is C14H18N2O3. The summed E-state index contributed by atoms with van der Waals surface area (Å²) in [7, 11) is 0. The zero-order valence-corrected chi connectivity index (χ0v) is 11.4. The fraction of sp³-hybridized carbons (Fsp3) is 0.429. The van der Waals surface area contributed by atoms with Crippen LogP contribution in [-0.4, -0.2) is 10.9 Å². The van der Waals surface area contributed by atoms with E-state index in [1.54, 1.807) is 12.1 Å². The molecule has 0 saturated heterocycles. The normalized spacial score (nSPS) is 11.7. The van der Waals surface area contributed by atoms with Gasteiger partial charge < -0.3 is 9.73 Å². The van der Waals surface area contributed by atoms with Crippen molar-refractivity contribution in [1.82, 2.24) is 10.3 Å². The molecule has 0 aliphatic heterocycles. The molecule has 2 aromatic rings. The van der Waals surface area contributed by atoms with E-state index < -0.39 is 5.76 Å². The second-order valence-corrected chi connectivity index (χ2v) is 5.86. The molecule has 1 aromatic carbocycles. The Labute approximate surface area is 111 Å². The zero-order valence-electron chi connectivity index (χ0n) is 11.4. The lowest BCUT2D eigenvalue weighted by Gasteiger charge is -2.17. The van der Waals surface area contributed by atoms with Gasteiger partial charge in [0.15, 0.2) is 5.58 Å². The van der Waals surface area contributed by atoms with Crippen molar-refractivity contribution in [2.75, 3.05) is 0 Å². The Kier molecular flexibility index (Phi) is 3.46. The molecule has 2 rings (SSSR count). The molecule has 0 aliphatic rings. The van der Waals surface area contributed by atoms with E-state index in [4.69, 9.17) is 4.42 Å². The van der Waals surface area contributed by atoms with Crippen LogP contribution in [0.1, 0.15) is 32.8 Å². The van der Waals surface area contributed by atoms with E-state index in [0.717, 1.165) is 5.56 Å². The molecule has 19 heavy (non-hydrogen) atoms. The summed E-state index contributed by atoms with van der Waals surface area (Å²) >= 11 is 0. The fourth-order valence-corrected chi connectivity index (χ4v) is 1.85. The maximum atomic E-state index is 11.7. The number of hydrogen-bond donors (Lipinski definition) is 2. The van der Waals surface area contributed by atoms with Crippen LogP contribution in [0.2, 0.25) is 0 Å². The lowest BCUT2D eigenvalue weighted by Crippen LogP contribution is -2.27. The van der Waals surface area contributed by atoms with E-state index in [2.05, 4.69) is 10.3 Å². The second kappa shape index (κ2) is 4.91. The van der Waals surface area contributed by atoms with Crippen LogP contribution >= 0.6 is 0 Å². The van der Waals surface area contributed by atoms with E-state index >= 15 is 0 Å². The number of H-pyrrole nitrogens is 1. The highest BCUT2D eigenvalue weighted by Crippen LogP contribution is 2.18. The third kappa shape index (κ3) is 3.71. The number of rotatable bonds is 3. The van der Waals surface area contributed by atoms with Crippen LogP contribution in [0.15, 0.2) is 27.4 Å². The van der Waals surface area contributed by atoms with Crippen molar-refractivity contribution in [1.29, 1.82) is 0 Å². The molecule has 1 heterocycles. The molecule has 0 unspecified atom stereocenters. The van der Waals surface area contributed by atoms with Gasteiger partial charge in [-0.2, -0.15) is 0 Å². The smallest absolute Gasteiger partial charge is 0.408 e. The molecule has 5 nitrogen and oxygen atoms in total. The predicted molar refractivity (Wildman–Crippen MR) is 72.8 cm³/mol. The van der Waals surface area contributed by atoms with E-state index in [1.807, 2.05) is 26.8 Å². The number of carbonyl (C=O) groups is 1. The number of aromatic amines is 1. The largest absolute Gasteiger partial charge is 0.417 e. The number of nitrogens with one attached hydrogen (secondary N) is 2. The van der Waals surface area contributed by atoms with Crippen molar-refractivity contribution in [2.24, 2.45) is 5.41 Å². The van der Waals surface area contributed by atoms with Gasteiger partial charge in [-0.05, 0) is 23.1 Å². The van der Waals surface area contributed by atoms with Gasteiger partial charge in [-0.3, -0.25) is 9.78 Å². The topological polar surface area (TPSA) is 75.1 Å². The molecule has 1 aromatic heterocycles. The first-order chi connectivity index (χ1) is 8.83. The summed E-state index contributed by atoms with van der Waals surface area (Å²) in [6.07, 6.45) is 0.484. The van der Waals surface area contributed by atoms with Gasteiger partial charge in [0, 0.05) is 13.0 Å². The second-order valence-electron chi connectivity index (χ2n) is 5.86. The van der Waals surface area contributed by atoms with Crippen molar-refractivity contribution in [2.45, 2.75) is 33.7 Å². The van der Waals surface area contributed by atoms with Gasteiger partial charge in [-0.1, -0.05) is 26.8 Å². The first-order valence-electron chi connectivity index (χ1n) is 6.22. The standard InChI is InChI=1S/C14H18N2O3/c1-14(2,3)7-12(17)15-8-9-4-5-11-10(6-9)16-13(18)19-11/h4-6H,7-8H2,1-3H3,(H,15,17)(H,16,18). The first-order valence-corrected chi connectivity index (χ1v) is 6.22. The summed E-state index contributed by atoms with van der Waals surface area (Å²) in [6, 6.07) is 5.35. The summed E-state index contributed by atoms with van der Waals surface area (Å²) in [5.41, 5.74) is 2.07. The lowest BCUT2D eigenvalue weighted by molar-refractivity contribution is -0.122. The van der Waals surface area contributed by atoms with Gasteiger partial charge in [0.05, 0.1) is 5.52 Å². The van der Waals surface area contributed by atoms with Crippen LogP contribution in [0.5, 0.6) is 0 Å². The van der Waals surface area contributed by atoms with Crippen molar-refractivity contribution in [3.8, 4) is 0 Å². The molecule has 0 atom stereocenters. The number of fused-ring (bicyclic) bond motifs is 1. The highest BCUT2D eigenvalue weighted by molar-refractivity contribution is 5.77. The fourth-order valence-electron chi connectivity index (χ4n) is 1.85. The summed E-state index contributed by atoms with van der Waals surface area (Å²) < 4.78 is 4.92. The van der Waals surface area contributed by atoms with Crippen molar-refractivity contribution < 1.29 is 9.21 Å². The molecule has 5 heteroatoms. The number of oxazole rings is 1. The number of carbonyl (C=O) groups excluding carboxylic acids is 1. The summed E-state index contributed by atoms with van der Waals surface area (Å²) in [6.45, 7) is 6.51. The minimum Gasteiger partial charge on any atom is -0.408 e. The Bertz CT molecular complexity index is 646. The average Bonchev–Trinajstić information content (AvgIpc) is 2.63. The van der Waals surface area contributed by atoms with Crippen LogP contribution in [-0.2, 0) is 11.3 Å². The molecule has 2 N–H and O–H groups in total. The van der Waals surface area contributed by atoms with Gasteiger partial charge in [-0.15, -0.1) is 0 Å². The number of aromatic nitrogens is 1. The van der Waals surface area contributed by atoms with Crippen LogP contribution in [0.25, 0.3) is 11.1 Å². The molecule has 102 valence electrons. The van der Waals surface area contributed by atoms with Gasteiger partial charge in [0.25, 0.3) is 0 Å². The van der Waals surface area contributed by atoms with Crippen molar-refractivity contribution in [3.05, 3.63) is 34.3 Å². The quantitative estimate of drug-likeness (QED) is 0.890. The highest BCUT2D eigenvalue weighted by atomic mass is 16.4. The van der Waals surface area contributed by atoms with Crippen LogP contribution in [0, 0.1) is 5.41 Å². The van der Waals surface area contributed by atoms with Crippen LogP contribution in [0.4, 0.5) is 0 Å². The van der Waals surface area contributed by atoms with Gasteiger partial charge in [0.1, 0.15) is 0 Å². The number of benzene rings is 1. The average molecular weight is 262 g/mol. The third-order valence-electron chi connectivity index (χ3n) is 2.66. The van der Waals surface area contributed by atoms with E-state index in [-0.39, 0.29) is 11.3 Å². The molecular weight excluding hydrogens is 244 g/mol. The molecule has 0 spiro atoms. The van der Waals surface area contributed by atoms with Crippen molar-refractivity contribution in [3.63, 3.8) is 0 Å². The monoisotopic (exact) mass is 262 g/mol. The van der Waals surface area contributed by atoms with E-state index in [0.29, 0.717) is 24.1 Å². The Morgan fingerprint density at radius 1 is 1.37 bits per heavy atom. The van der Waals surface area contributed by atoms with E-state index in [9.17, 15) is 9.59 Å². The van der Waals surface area contributed by atoms with Crippen LogP contribution in [0.3, 0.4) is 0 Å². The highest BCUT2D eigenvalue weighted by Gasteiger charge is 2.15. The number of amides is 1. The van der Waals surface area contributed by atoms with E-state index in [1.165, 1.54) is 0 Å². The maximum Gasteiger partial charge on any atom is 0.417 e. The Balaban J connectivity index is 2.01. The van der Waals surface area contributed by atoms with Gasteiger partial charge in [-0.25, -0.2) is 4.79 Å². The molecule has 0 radical (unpaired) electrons. The molecule has 1 amide bonds. The minimum atomic E-state index is -0.469. The maximum absolute atomic E-state index is 11.7. The van der Waals surface area contributed by atoms with Crippen molar-refractivity contribution >= 4 is 17.0 Å². The predicted octanol–water partition coefficient (Wildman–Crippen LogP) is 2.17. The first kappa shape index (κ1) is 13.4. The molecule has 0 bridgehead atoms. The zero-order chi connectivity index (χ0) is 14.0. The lowest BCUT2D eigenvalue weighted by atomic mass is 9.92. The van der Waals surface area contributed by atoms with Gasteiger partial charge in [0.2, 0.25) is 5.91 Å². The molecule has 0 fully saturated rings.